The SMILES string of the molecule is COc1c(N2CCC3CCC[C@@]3(N)C2)c(F)cc2c(=O)c(C(=O)O)cn([C@@H]3C[C@@H]3F)c12. The average Bonchev–Trinajstić information content (AvgIpc) is 3.31. The van der Waals surface area contributed by atoms with Gasteiger partial charge in [0.15, 0.2) is 11.6 Å². The van der Waals surface area contributed by atoms with E-state index >= 15 is 4.39 Å². The highest BCUT2D eigenvalue weighted by atomic mass is 19.1. The molecule has 0 bridgehead atoms. The normalized spacial score (nSPS) is 29.8. The summed E-state index contributed by atoms with van der Waals surface area (Å²) in [5.41, 5.74) is 5.33. The summed E-state index contributed by atoms with van der Waals surface area (Å²) in [5.74, 6) is -1.60. The van der Waals surface area contributed by atoms with Gasteiger partial charge in [0.2, 0.25) is 5.43 Å². The molecule has 1 unspecified atom stereocenters. The Kier molecular flexibility index (Phi) is 4.51. The van der Waals surface area contributed by atoms with Gasteiger partial charge in [-0.05, 0) is 31.2 Å². The molecule has 0 radical (unpaired) electrons. The van der Waals surface area contributed by atoms with Crippen molar-refractivity contribution in [2.45, 2.75) is 49.9 Å². The molecule has 4 atom stereocenters. The summed E-state index contributed by atoms with van der Waals surface area (Å²) in [6.07, 6.45) is 4.00. The Morgan fingerprint density at radius 2 is 2.13 bits per heavy atom. The first kappa shape index (κ1) is 20.2. The Balaban J connectivity index is 1.74. The van der Waals surface area contributed by atoms with Crippen LogP contribution in [0.5, 0.6) is 5.75 Å². The fourth-order valence-corrected chi connectivity index (χ4v) is 5.53. The van der Waals surface area contributed by atoms with E-state index in [9.17, 15) is 19.1 Å². The minimum Gasteiger partial charge on any atom is -0.492 e. The molecular formula is C22H25F2N3O4. The van der Waals surface area contributed by atoms with Gasteiger partial charge in [-0.3, -0.25) is 4.79 Å². The second-order valence-electron chi connectivity index (χ2n) is 9.07. The van der Waals surface area contributed by atoms with Gasteiger partial charge in [0, 0.05) is 31.2 Å². The number of piperidine rings is 1. The fraction of sp³-hybridized carbons (Fsp3) is 0.545. The van der Waals surface area contributed by atoms with Gasteiger partial charge >= 0.3 is 5.97 Å². The number of carboxylic acids is 1. The molecule has 0 spiro atoms. The number of hydrogen-bond donors (Lipinski definition) is 2. The molecule has 7 nitrogen and oxygen atoms in total. The van der Waals surface area contributed by atoms with E-state index in [0.717, 1.165) is 37.9 Å². The van der Waals surface area contributed by atoms with Gasteiger partial charge in [-0.25, -0.2) is 13.6 Å². The zero-order chi connectivity index (χ0) is 22.1. The van der Waals surface area contributed by atoms with Crippen LogP contribution in [0.2, 0.25) is 0 Å². The van der Waals surface area contributed by atoms with Gasteiger partial charge in [0.25, 0.3) is 0 Å². The molecule has 5 rings (SSSR count). The number of pyridine rings is 1. The number of alkyl halides is 1. The highest BCUT2D eigenvalue weighted by Crippen LogP contribution is 2.47. The van der Waals surface area contributed by atoms with Gasteiger partial charge in [0.1, 0.15) is 17.4 Å². The Morgan fingerprint density at radius 3 is 2.77 bits per heavy atom. The highest BCUT2D eigenvalue weighted by Gasteiger charge is 2.45. The maximum absolute atomic E-state index is 15.4. The predicted molar refractivity (Wildman–Crippen MR) is 111 cm³/mol. The van der Waals surface area contributed by atoms with Crippen molar-refractivity contribution in [2.75, 3.05) is 25.1 Å². The quantitative estimate of drug-likeness (QED) is 0.770. The predicted octanol–water partition coefficient (Wildman–Crippen LogP) is 2.84. The van der Waals surface area contributed by atoms with Gasteiger partial charge in [-0.1, -0.05) is 6.42 Å². The van der Waals surface area contributed by atoms with Crippen LogP contribution in [-0.4, -0.2) is 47.6 Å². The molecule has 2 saturated carbocycles. The number of hydrogen-bond acceptors (Lipinski definition) is 5. The molecule has 1 aromatic carbocycles. The minimum atomic E-state index is -1.44. The van der Waals surface area contributed by atoms with E-state index in [2.05, 4.69) is 0 Å². The Labute approximate surface area is 177 Å². The second kappa shape index (κ2) is 6.91. The minimum absolute atomic E-state index is 0.114. The first-order valence-corrected chi connectivity index (χ1v) is 10.6. The van der Waals surface area contributed by atoms with Crippen LogP contribution in [0.4, 0.5) is 14.5 Å². The molecule has 2 heterocycles. The van der Waals surface area contributed by atoms with E-state index in [-0.39, 0.29) is 28.8 Å². The molecule has 3 fully saturated rings. The lowest BCUT2D eigenvalue weighted by Gasteiger charge is -2.44. The third-order valence-electron chi connectivity index (χ3n) is 7.23. The topological polar surface area (TPSA) is 97.8 Å². The number of ether oxygens (including phenoxy) is 1. The van der Waals surface area contributed by atoms with Crippen LogP contribution < -0.4 is 20.8 Å². The summed E-state index contributed by atoms with van der Waals surface area (Å²) in [4.78, 5) is 26.3. The molecule has 1 saturated heterocycles. The lowest BCUT2D eigenvalue weighted by Crippen LogP contribution is -2.57. The molecule has 9 heteroatoms. The van der Waals surface area contributed by atoms with Crippen molar-refractivity contribution in [2.24, 2.45) is 11.7 Å². The van der Waals surface area contributed by atoms with Gasteiger partial charge < -0.3 is 25.0 Å². The number of benzene rings is 1. The maximum Gasteiger partial charge on any atom is 0.341 e. The Hall–Kier alpha value is -2.68. The largest absolute Gasteiger partial charge is 0.492 e. The summed E-state index contributed by atoms with van der Waals surface area (Å²) in [5, 5.41) is 9.30. The van der Waals surface area contributed by atoms with Crippen molar-refractivity contribution in [3.8, 4) is 5.75 Å². The number of halogens is 2. The average molecular weight is 433 g/mol. The second-order valence-corrected chi connectivity index (χ2v) is 9.07. The molecule has 3 N–H and O–H groups in total. The van der Waals surface area contributed by atoms with Crippen molar-refractivity contribution in [3.63, 3.8) is 0 Å². The third-order valence-corrected chi connectivity index (χ3v) is 7.23. The maximum atomic E-state index is 15.4. The van der Waals surface area contributed by atoms with Crippen molar-refractivity contribution >= 4 is 22.6 Å². The third kappa shape index (κ3) is 3.01. The van der Waals surface area contributed by atoms with E-state index in [1.54, 1.807) is 0 Å². The lowest BCUT2D eigenvalue weighted by atomic mass is 9.81. The summed E-state index contributed by atoms with van der Waals surface area (Å²) in [7, 11) is 1.37. The Bertz CT molecular complexity index is 1150. The number of aromatic carboxylic acids is 1. The standard InChI is InChI=1S/C22H25F2N3O4/c1-31-20-17-12(19(28)13(21(29)30)9-27(17)16-8-14(16)23)7-15(24)18(20)26-6-4-11-3-2-5-22(11,25)10-26/h7,9,11,14,16H,2-6,8,10,25H2,1H3,(H,29,30)/t11?,14-,16+,22+/m0/s1. The summed E-state index contributed by atoms with van der Waals surface area (Å²) in [6.45, 7) is 1.05. The van der Waals surface area contributed by atoms with E-state index in [0.29, 0.717) is 19.0 Å². The zero-order valence-corrected chi connectivity index (χ0v) is 17.2. The van der Waals surface area contributed by atoms with Crippen LogP contribution in [-0.2, 0) is 0 Å². The zero-order valence-electron chi connectivity index (χ0n) is 17.2. The molecule has 31 heavy (non-hydrogen) atoms. The van der Waals surface area contributed by atoms with Crippen LogP contribution in [0, 0.1) is 11.7 Å². The number of nitrogens with two attached hydrogens (primary N) is 1. The smallest absolute Gasteiger partial charge is 0.341 e. The monoisotopic (exact) mass is 433 g/mol. The van der Waals surface area contributed by atoms with E-state index in [4.69, 9.17) is 10.5 Å². The number of fused-ring (bicyclic) bond motifs is 2. The summed E-state index contributed by atoms with van der Waals surface area (Å²) in [6, 6.07) is 0.438. The van der Waals surface area contributed by atoms with Crippen LogP contribution in [0.1, 0.15) is 48.5 Å². The molecule has 0 amide bonds. The highest BCUT2D eigenvalue weighted by molar-refractivity contribution is 5.97. The van der Waals surface area contributed by atoms with Crippen molar-refractivity contribution in [1.29, 1.82) is 0 Å². The molecule has 2 aromatic rings. The summed E-state index contributed by atoms with van der Waals surface area (Å²) < 4.78 is 36.4. The van der Waals surface area contributed by atoms with E-state index < -0.39 is 40.5 Å². The van der Waals surface area contributed by atoms with Crippen molar-refractivity contribution in [1.82, 2.24) is 4.57 Å². The van der Waals surface area contributed by atoms with Crippen LogP contribution in [0.3, 0.4) is 0 Å². The molecule has 166 valence electrons. The number of anilines is 1. The molecular weight excluding hydrogens is 408 g/mol. The molecule has 3 aliphatic rings. The van der Waals surface area contributed by atoms with Crippen LogP contribution in [0.15, 0.2) is 17.1 Å². The van der Waals surface area contributed by atoms with Gasteiger partial charge in [-0.15, -0.1) is 0 Å². The van der Waals surface area contributed by atoms with Gasteiger partial charge in [0.05, 0.1) is 24.1 Å². The molecule has 1 aromatic heterocycles. The lowest BCUT2D eigenvalue weighted by molar-refractivity contribution is 0.0694. The first-order chi connectivity index (χ1) is 14.7. The number of carboxylic acid groups (broad SMARTS) is 1. The van der Waals surface area contributed by atoms with Crippen molar-refractivity contribution in [3.05, 3.63) is 33.9 Å². The first-order valence-electron chi connectivity index (χ1n) is 10.6. The van der Waals surface area contributed by atoms with E-state index in [1.807, 2.05) is 4.90 Å². The van der Waals surface area contributed by atoms with Gasteiger partial charge in [-0.2, -0.15) is 0 Å². The van der Waals surface area contributed by atoms with Crippen molar-refractivity contribution < 1.29 is 23.4 Å². The fourth-order valence-electron chi connectivity index (χ4n) is 5.53. The number of rotatable bonds is 4. The van der Waals surface area contributed by atoms with Crippen LogP contribution >= 0.6 is 0 Å². The number of nitrogens with zero attached hydrogens (tertiary/aromatic N) is 2. The van der Waals surface area contributed by atoms with Crippen LogP contribution in [0.25, 0.3) is 10.9 Å². The molecule has 2 aliphatic carbocycles. The number of methoxy groups -OCH3 is 1. The Morgan fingerprint density at radius 1 is 1.39 bits per heavy atom. The molecule has 1 aliphatic heterocycles. The number of aromatic nitrogens is 1. The number of carbonyl (C=O) groups is 1. The summed E-state index contributed by atoms with van der Waals surface area (Å²) >= 11 is 0. The van der Waals surface area contributed by atoms with E-state index in [1.165, 1.54) is 11.7 Å².